The van der Waals surface area contributed by atoms with Crippen LogP contribution in [0, 0.1) is 0 Å². The van der Waals surface area contributed by atoms with E-state index in [4.69, 9.17) is 0 Å². The van der Waals surface area contributed by atoms with Gasteiger partial charge in [-0.1, -0.05) is 0 Å². The number of carbonyl (C=O) groups excluding carboxylic acids is 3. The lowest BCUT2D eigenvalue weighted by molar-refractivity contribution is -0.143. The van der Waals surface area contributed by atoms with Crippen molar-refractivity contribution in [2.45, 2.75) is 26.2 Å². The molecule has 0 unspecified atom stereocenters. The molecular formula is C8H11NO4. The van der Waals surface area contributed by atoms with Gasteiger partial charge in [-0.05, 0) is 13.3 Å². The van der Waals surface area contributed by atoms with Gasteiger partial charge >= 0.3 is 5.97 Å². The van der Waals surface area contributed by atoms with Crippen LogP contribution in [-0.2, 0) is 19.1 Å². The van der Waals surface area contributed by atoms with E-state index in [0.717, 1.165) is 6.08 Å². The smallest absolute Gasteiger partial charge is 0.305 e. The largest absolute Gasteiger partial charge is 0.466 e. The van der Waals surface area contributed by atoms with Crippen molar-refractivity contribution < 1.29 is 19.1 Å². The van der Waals surface area contributed by atoms with Gasteiger partial charge in [0.15, 0.2) is 0 Å². The van der Waals surface area contributed by atoms with Crippen LogP contribution >= 0.6 is 0 Å². The normalized spacial score (nSPS) is 8.69. The minimum atomic E-state index is -0.556. The van der Waals surface area contributed by atoms with Crippen molar-refractivity contribution in [1.82, 2.24) is 0 Å². The Morgan fingerprint density at radius 1 is 1.38 bits per heavy atom. The first-order valence-corrected chi connectivity index (χ1v) is 3.97. The minimum Gasteiger partial charge on any atom is -0.466 e. The van der Waals surface area contributed by atoms with Gasteiger partial charge in [0.2, 0.25) is 6.08 Å². The summed E-state index contributed by atoms with van der Waals surface area (Å²) in [6.07, 6.45) is 1.74. The highest BCUT2D eigenvalue weighted by atomic mass is 16.5. The zero-order chi connectivity index (χ0) is 10.1. The molecule has 0 aromatic heterocycles. The summed E-state index contributed by atoms with van der Waals surface area (Å²) in [6.45, 7) is 2.04. The molecule has 0 spiro atoms. The number of hydrogen-bond acceptors (Lipinski definition) is 4. The van der Waals surface area contributed by atoms with Gasteiger partial charge in [0, 0.05) is 12.8 Å². The fourth-order valence-electron chi connectivity index (χ4n) is 0.724. The first kappa shape index (κ1) is 11.5. The SMILES string of the molecule is CCOC(=O)CCCC(=O)N=C=O. The molecule has 5 nitrogen and oxygen atoms in total. The van der Waals surface area contributed by atoms with Gasteiger partial charge in [-0.25, -0.2) is 4.79 Å². The molecule has 0 fully saturated rings. The molecule has 0 aliphatic rings. The van der Waals surface area contributed by atoms with E-state index in [1.807, 2.05) is 0 Å². The Kier molecular flexibility index (Phi) is 6.37. The van der Waals surface area contributed by atoms with E-state index in [9.17, 15) is 14.4 Å². The van der Waals surface area contributed by atoms with E-state index in [2.05, 4.69) is 9.73 Å². The second-order valence-corrected chi connectivity index (χ2v) is 2.26. The Morgan fingerprint density at radius 2 is 2.08 bits per heavy atom. The number of esters is 1. The average Bonchev–Trinajstić information content (AvgIpc) is 2.05. The van der Waals surface area contributed by atoms with Crippen LogP contribution in [0.25, 0.3) is 0 Å². The number of amides is 1. The molecule has 0 saturated heterocycles. The number of ether oxygens (including phenoxy) is 1. The number of nitrogens with zero attached hydrogens (tertiary/aromatic N) is 1. The lowest BCUT2D eigenvalue weighted by atomic mass is 10.2. The topological polar surface area (TPSA) is 72.8 Å². The van der Waals surface area contributed by atoms with E-state index in [1.54, 1.807) is 6.92 Å². The maximum Gasteiger partial charge on any atom is 0.305 e. The van der Waals surface area contributed by atoms with Crippen molar-refractivity contribution in [3.63, 3.8) is 0 Å². The van der Waals surface area contributed by atoms with Crippen LogP contribution in [0.15, 0.2) is 4.99 Å². The number of hydrogen-bond donors (Lipinski definition) is 0. The van der Waals surface area contributed by atoms with Crippen LogP contribution < -0.4 is 0 Å². The van der Waals surface area contributed by atoms with Gasteiger partial charge in [-0.2, -0.15) is 0 Å². The van der Waals surface area contributed by atoms with Gasteiger partial charge < -0.3 is 4.74 Å². The van der Waals surface area contributed by atoms with Gasteiger partial charge in [0.25, 0.3) is 5.91 Å². The fourth-order valence-corrected chi connectivity index (χ4v) is 0.724. The fraction of sp³-hybridized carbons (Fsp3) is 0.625. The minimum absolute atomic E-state index is 0.0774. The number of isocyanates is 1. The average molecular weight is 185 g/mol. The summed E-state index contributed by atoms with van der Waals surface area (Å²) in [7, 11) is 0. The molecule has 72 valence electrons. The van der Waals surface area contributed by atoms with Crippen molar-refractivity contribution in [3.05, 3.63) is 0 Å². The molecule has 0 atom stereocenters. The van der Waals surface area contributed by atoms with Gasteiger partial charge in [0.05, 0.1) is 6.61 Å². The van der Waals surface area contributed by atoms with E-state index in [0.29, 0.717) is 13.0 Å². The highest BCUT2D eigenvalue weighted by Crippen LogP contribution is 1.98. The molecule has 0 bridgehead atoms. The molecule has 0 radical (unpaired) electrons. The third-order valence-corrected chi connectivity index (χ3v) is 1.25. The standard InChI is InChI=1S/C8H11NO4/c1-2-13-8(12)5-3-4-7(11)9-6-10/h2-5H2,1H3. The number of aliphatic imine (C=N–C) groups is 1. The van der Waals surface area contributed by atoms with Crippen molar-refractivity contribution in [2.24, 2.45) is 4.99 Å². The third kappa shape index (κ3) is 6.90. The Hall–Kier alpha value is -1.48. The van der Waals surface area contributed by atoms with Gasteiger partial charge in [-0.15, -0.1) is 4.99 Å². The van der Waals surface area contributed by atoms with Gasteiger partial charge in [0.1, 0.15) is 0 Å². The first-order valence-electron chi connectivity index (χ1n) is 3.97. The summed E-state index contributed by atoms with van der Waals surface area (Å²) in [4.78, 5) is 33.8. The van der Waals surface area contributed by atoms with E-state index in [1.165, 1.54) is 0 Å². The number of carbonyl (C=O) groups is 2. The summed E-state index contributed by atoms with van der Waals surface area (Å²) in [5, 5.41) is 0. The first-order chi connectivity index (χ1) is 6.20. The second-order valence-electron chi connectivity index (χ2n) is 2.26. The van der Waals surface area contributed by atoms with Crippen LogP contribution in [0.3, 0.4) is 0 Å². The molecule has 0 rings (SSSR count). The molecule has 5 heteroatoms. The van der Waals surface area contributed by atoms with Crippen molar-refractivity contribution in [1.29, 1.82) is 0 Å². The maximum absolute atomic E-state index is 10.7. The highest BCUT2D eigenvalue weighted by Gasteiger charge is 2.04. The predicted molar refractivity (Wildman–Crippen MR) is 43.6 cm³/mol. The van der Waals surface area contributed by atoms with Crippen molar-refractivity contribution in [3.8, 4) is 0 Å². The monoisotopic (exact) mass is 185 g/mol. The van der Waals surface area contributed by atoms with Crippen LogP contribution in [0.4, 0.5) is 0 Å². The van der Waals surface area contributed by atoms with Crippen LogP contribution in [-0.4, -0.2) is 24.6 Å². The Balaban J connectivity index is 3.50. The summed E-state index contributed by atoms with van der Waals surface area (Å²) >= 11 is 0. The Bertz CT molecular complexity index is 230. The molecule has 0 aromatic carbocycles. The second kappa shape index (κ2) is 7.18. The summed E-state index contributed by atoms with van der Waals surface area (Å²) in [6, 6.07) is 0. The molecule has 0 saturated carbocycles. The molecular weight excluding hydrogens is 174 g/mol. The van der Waals surface area contributed by atoms with Crippen molar-refractivity contribution >= 4 is 18.0 Å². The lowest BCUT2D eigenvalue weighted by Gasteiger charge is -1.98. The van der Waals surface area contributed by atoms with Crippen LogP contribution in [0.5, 0.6) is 0 Å². The Morgan fingerprint density at radius 3 is 2.62 bits per heavy atom. The quantitative estimate of drug-likeness (QED) is 0.357. The molecule has 13 heavy (non-hydrogen) atoms. The molecule has 0 aliphatic heterocycles. The third-order valence-electron chi connectivity index (χ3n) is 1.25. The van der Waals surface area contributed by atoms with E-state index < -0.39 is 5.91 Å². The summed E-state index contributed by atoms with van der Waals surface area (Å²) < 4.78 is 4.63. The number of rotatable bonds is 5. The molecule has 0 aliphatic carbocycles. The van der Waals surface area contributed by atoms with Crippen LogP contribution in [0.2, 0.25) is 0 Å². The van der Waals surface area contributed by atoms with E-state index in [-0.39, 0.29) is 18.8 Å². The highest BCUT2D eigenvalue weighted by molar-refractivity contribution is 5.81. The molecule has 0 aromatic rings. The molecule has 0 N–H and O–H groups in total. The molecule has 1 amide bonds. The zero-order valence-corrected chi connectivity index (χ0v) is 7.41. The van der Waals surface area contributed by atoms with Crippen molar-refractivity contribution in [2.75, 3.05) is 6.61 Å². The lowest BCUT2D eigenvalue weighted by Crippen LogP contribution is -2.04. The summed E-state index contributed by atoms with van der Waals surface area (Å²) in [5.41, 5.74) is 0. The van der Waals surface area contributed by atoms with Gasteiger partial charge in [-0.3, -0.25) is 9.59 Å². The predicted octanol–water partition coefficient (Wildman–Crippen LogP) is 0.582. The maximum atomic E-state index is 10.7. The Labute approximate surface area is 75.8 Å². The van der Waals surface area contributed by atoms with Crippen LogP contribution in [0.1, 0.15) is 26.2 Å². The zero-order valence-electron chi connectivity index (χ0n) is 7.41. The summed E-state index contributed by atoms with van der Waals surface area (Å²) in [5.74, 6) is -0.898. The van der Waals surface area contributed by atoms with E-state index >= 15 is 0 Å². The molecule has 0 heterocycles.